The predicted octanol–water partition coefficient (Wildman–Crippen LogP) is 5.23. The molecule has 2 N–H and O–H groups in total. The topological polar surface area (TPSA) is 74.6 Å². The zero-order valence-corrected chi connectivity index (χ0v) is 16.5. The number of carboxylic acid groups (broad SMARTS) is 2. The first-order valence-corrected chi connectivity index (χ1v) is 9.60. The molecule has 0 aliphatic rings. The van der Waals surface area contributed by atoms with Crippen molar-refractivity contribution in [3.63, 3.8) is 0 Å². The van der Waals surface area contributed by atoms with Crippen LogP contribution in [0.3, 0.4) is 0 Å². The SMILES string of the molecule is O=C(O)C(C(=O)O)[C@@H](Cc1ccccc1)c1ccc(-c2ccc(Br)cc2)cc1. The van der Waals surface area contributed by atoms with Crippen molar-refractivity contribution in [1.29, 1.82) is 0 Å². The zero-order valence-electron chi connectivity index (χ0n) is 15.0. The summed E-state index contributed by atoms with van der Waals surface area (Å²) < 4.78 is 0.988. The van der Waals surface area contributed by atoms with Gasteiger partial charge in [-0.25, -0.2) is 0 Å². The molecule has 0 saturated carbocycles. The largest absolute Gasteiger partial charge is 0.481 e. The molecular formula is C23H19BrO4. The van der Waals surface area contributed by atoms with Crippen molar-refractivity contribution in [3.05, 3.63) is 94.5 Å². The van der Waals surface area contributed by atoms with Gasteiger partial charge in [0.25, 0.3) is 0 Å². The van der Waals surface area contributed by atoms with Crippen LogP contribution < -0.4 is 0 Å². The molecule has 5 heteroatoms. The number of carboxylic acids is 2. The van der Waals surface area contributed by atoms with Crippen molar-refractivity contribution in [2.24, 2.45) is 5.92 Å². The van der Waals surface area contributed by atoms with E-state index in [4.69, 9.17) is 0 Å². The van der Waals surface area contributed by atoms with Crippen LogP contribution in [-0.2, 0) is 16.0 Å². The van der Waals surface area contributed by atoms with Crippen LogP contribution in [0.25, 0.3) is 11.1 Å². The molecule has 142 valence electrons. The molecule has 0 unspecified atom stereocenters. The Morgan fingerprint density at radius 2 is 1.25 bits per heavy atom. The third-order valence-corrected chi connectivity index (χ3v) is 5.28. The van der Waals surface area contributed by atoms with Crippen molar-refractivity contribution in [2.45, 2.75) is 12.3 Å². The van der Waals surface area contributed by atoms with Gasteiger partial charge >= 0.3 is 11.9 Å². The summed E-state index contributed by atoms with van der Waals surface area (Å²) in [5.74, 6) is -4.84. The van der Waals surface area contributed by atoms with Crippen LogP contribution in [0.5, 0.6) is 0 Å². The van der Waals surface area contributed by atoms with Gasteiger partial charge in [0, 0.05) is 10.4 Å². The van der Waals surface area contributed by atoms with Crippen LogP contribution in [0.15, 0.2) is 83.3 Å². The van der Waals surface area contributed by atoms with Gasteiger partial charge < -0.3 is 10.2 Å². The summed E-state index contributed by atoms with van der Waals surface area (Å²) in [7, 11) is 0. The van der Waals surface area contributed by atoms with E-state index < -0.39 is 23.8 Å². The maximum atomic E-state index is 11.7. The van der Waals surface area contributed by atoms with Crippen LogP contribution in [-0.4, -0.2) is 22.2 Å². The fourth-order valence-corrected chi connectivity index (χ4v) is 3.58. The fraction of sp³-hybridized carbons (Fsp3) is 0.130. The van der Waals surface area contributed by atoms with Crippen LogP contribution in [0.1, 0.15) is 17.0 Å². The number of hydrogen-bond donors (Lipinski definition) is 2. The maximum Gasteiger partial charge on any atom is 0.318 e. The van der Waals surface area contributed by atoms with E-state index in [1.165, 1.54) is 0 Å². The highest BCUT2D eigenvalue weighted by Gasteiger charge is 2.36. The smallest absolute Gasteiger partial charge is 0.318 e. The Morgan fingerprint density at radius 1 is 0.750 bits per heavy atom. The first-order valence-electron chi connectivity index (χ1n) is 8.81. The molecule has 0 radical (unpaired) electrons. The van der Waals surface area contributed by atoms with Crippen LogP contribution in [0, 0.1) is 5.92 Å². The van der Waals surface area contributed by atoms with Gasteiger partial charge in [0.1, 0.15) is 0 Å². The van der Waals surface area contributed by atoms with E-state index in [0.29, 0.717) is 12.0 Å². The van der Waals surface area contributed by atoms with Crippen LogP contribution in [0.4, 0.5) is 0 Å². The average molecular weight is 439 g/mol. The third-order valence-electron chi connectivity index (χ3n) is 4.75. The lowest BCUT2D eigenvalue weighted by Crippen LogP contribution is -2.31. The molecule has 0 spiro atoms. The molecule has 0 fully saturated rings. The molecule has 4 nitrogen and oxygen atoms in total. The molecule has 0 aromatic heterocycles. The van der Waals surface area contributed by atoms with Crippen molar-refractivity contribution in [2.75, 3.05) is 0 Å². The number of hydrogen-bond acceptors (Lipinski definition) is 2. The van der Waals surface area contributed by atoms with E-state index in [1.54, 1.807) is 0 Å². The minimum Gasteiger partial charge on any atom is -0.481 e. The van der Waals surface area contributed by atoms with Gasteiger partial charge in [0.05, 0.1) is 0 Å². The third kappa shape index (κ3) is 4.67. The standard InChI is InChI=1S/C23H19BrO4/c24-19-12-10-17(11-13-19)16-6-8-18(9-7-16)20(21(22(25)26)23(27)28)14-15-4-2-1-3-5-15/h1-13,20-21H,14H2,(H,25,26)(H,27,28)/t20-/m0/s1. The highest BCUT2D eigenvalue weighted by molar-refractivity contribution is 9.10. The van der Waals surface area contributed by atoms with Crippen LogP contribution in [0.2, 0.25) is 0 Å². The Hall–Kier alpha value is -2.92. The molecule has 3 aromatic rings. The summed E-state index contributed by atoms with van der Waals surface area (Å²) in [6.07, 6.45) is 0.335. The molecule has 0 saturated heterocycles. The molecule has 3 rings (SSSR count). The summed E-state index contributed by atoms with van der Waals surface area (Å²) in [4.78, 5) is 23.4. The summed E-state index contributed by atoms with van der Waals surface area (Å²) in [5, 5.41) is 19.1. The first-order chi connectivity index (χ1) is 13.5. The molecular weight excluding hydrogens is 420 g/mol. The number of aliphatic carboxylic acids is 2. The molecule has 1 atom stereocenters. The zero-order chi connectivity index (χ0) is 20.1. The molecule has 3 aromatic carbocycles. The van der Waals surface area contributed by atoms with E-state index >= 15 is 0 Å². The molecule has 0 aliphatic carbocycles. The number of halogens is 1. The van der Waals surface area contributed by atoms with E-state index in [2.05, 4.69) is 15.9 Å². The first kappa shape index (κ1) is 19.8. The van der Waals surface area contributed by atoms with Gasteiger partial charge in [-0.05, 0) is 40.8 Å². The van der Waals surface area contributed by atoms with Crippen LogP contribution >= 0.6 is 15.9 Å². The highest BCUT2D eigenvalue weighted by Crippen LogP contribution is 2.31. The number of rotatable bonds is 7. The molecule has 0 heterocycles. The lowest BCUT2D eigenvalue weighted by Gasteiger charge is -2.22. The van der Waals surface area contributed by atoms with Gasteiger partial charge in [-0.2, -0.15) is 0 Å². The van der Waals surface area contributed by atoms with Crippen molar-refractivity contribution < 1.29 is 19.8 Å². The number of carbonyl (C=O) groups is 2. The van der Waals surface area contributed by atoms with Gasteiger partial charge in [0.2, 0.25) is 0 Å². The summed E-state index contributed by atoms with van der Waals surface area (Å²) in [5.41, 5.74) is 3.61. The van der Waals surface area contributed by atoms with E-state index in [-0.39, 0.29) is 0 Å². The molecule has 0 amide bonds. The Morgan fingerprint density at radius 3 is 1.75 bits per heavy atom. The molecule has 0 aliphatic heterocycles. The van der Waals surface area contributed by atoms with Gasteiger partial charge in [-0.1, -0.05) is 82.7 Å². The lowest BCUT2D eigenvalue weighted by atomic mass is 9.81. The summed E-state index contributed by atoms with van der Waals surface area (Å²) in [6.45, 7) is 0. The number of benzene rings is 3. The Labute approximate surface area is 171 Å². The minimum absolute atomic E-state index is 0.335. The maximum absolute atomic E-state index is 11.7. The quantitative estimate of drug-likeness (QED) is 0.495. The molecule has 0 bridgehead atoms. The monoisotopic (exact) mass is 438 g/mol. The van der Waals surface area contributed by atoms with Gasteiger partial charge in [-0.15, -0.1) is 0 Å². The second-order valence-electron chi connectivity index (χ2n) is 6.58. The Kier molecular flexibility index (Phi) is 6.26. The van der Waals surface area contributed by atoms with Gasteiger partial charge in [-0.3, -0.25) is 9.59 Å². The summed E-state index contributed by atoms with van der Waals surface area (Å²) >= 11 is 3.41. The van der Waals surface area contributed by atoms with E-state index in [0.717, 1.165) is 21.2 Å². The Bertz CT molecular complexity index is 936. The molecule has 28 heavy (non-hydrogen) atoms. The second-order valence-corrected chi connectivity index (χ2v) is 7.49. The van der Waals surface area contributed by atoms with E-state index in [1.807, 2.05) is 78.9 Å². The summed E-state index contributed by atoms with van der Waals surface area (Å²) in [6, 6.07) is 24.7. The van der Waals surface area contributed by atoms with Crippen molar-refractivity contribution in [1.82, 2.24) is 0 Å². The van der Waals surface area contributed by atoms with Gasteiger partial charge in [0.15, 0.2) is 5.92 Å². The van der Waals surface area contributed by atoms with E-state index in [9.17, 15) is 19.8 Å². The minimum atomic E-state index is -1.52. The Balaban J connectivity index is 1.96. The average Bonchev–Trinajstić information content (AvgIpc) is 2.68. The normalized spacial score (nSPS) is 11.9. The lowest BCUT2D eigenvalue weighted by molar-refractivity contribution is -0.155. The van der Waals surface area contributed by atoms with Crippen molar-refractivity contribution >= 4 is 27.9 Å². The fourth-order valence-electron chi connectivity index (χ4n) is 3.31. The van der Waals surface area contributed by atoms with Crippen molar-refractivity contribution in [3.8, 4) is 11.1 Å². The highest BCUT2D eigenvalue weighted by atomic mass is 79.9. The predicted molar refractivity (Wildman–Crippen MR) is 111 cm³/mol. The second kappa shape index (κ2) is 8.85.